The van der Waals surface area contributed by atoms with E-state index in [-0.39, 0.29) is 19.0 Å². The molecule has 7 heteroatoms. The summed E-state index contributed by atoms with van der Waals surface area (Å²) in [6.07, 6.45) is 4.84. The van der Waals surface area contributed by atoms with Gasteiger partial charge in [-0.1, -0.05) is 81.3 Å². The minimum atomic E-state index is -0.967. The molecule has 1 heterocycles. The second-order valence-corrected chi connectivity index (χ2v) is 11.6. The third-order valence-corrected chi connectivity index (χ3v) is 8.06. The van der Waals surface area contributed by atoms with Gasteiger partial charge >= 0.3 is 5.97 Å². The van der Waals surface area contributed by atoms with Crippen LogP contribution in [0.15, 0.2) is 90.3 Å². The van der Waals surface area contributed by atoms with Crippen LogP contribution in [0.1, 0.15) is 61.5 Å². The number of rotatable bonds is 16. The number of nitrogens with zero attached hydrogens (tertiary/aromatic N) is 1. The highest BCUT2D eigenvalue weighted by molar-refractivity contribution is 7.10. The van der Waals surface area contributed by atoms with E-state index in [2.05, 4.69) is 79.1 Å². The second kappa shape index (κ2) is 15.9. The van der Waals surface area contributed by atoms with Crippen LogP contribution >= 0.6 is 11.3 Å². The molecule has 0 unspecified atom stereocenters. The van der Waals surface area contributed by atoms with E-state index in [0.717, 1.165) is 27.3 Å². The Kier molecular flexibility index (Phi) is 11.7. The average molecular weight is 585 g/mol. The molecule has 0 fully saturated rings. The Balaban J connectivity index is 1.31. The molecule has 220 valence electrons. The maximum Gasteiger partial charge on any atom is 0.317 e. The van der Waals surface area contributed by atoms with Crippen molar-refractivity contribution in [3.05, 3.63) is 106 Å². The number of benzene rings is 3. The van der Waals surface area contributed by atoms with Gasteiger partial charge in [0.05, 0.1) is 13.1 Å². The zero-order chi connectivity index (χ0) is 29.7. The number of ether oxygens (including phenoxy) is 1. The summed E-state index contributed by atoms with van der Waals surface area (Å²) in [4.78, 5) is 26.6. The van der Waals surface area contributed by atoms with Crippen LogP contribution in [0.3, 0.4) is 0 Å². The van der Waals surface area contributed by atoms with Gasteiger partial charge in [-0.2, -0.15) is 0 Å². The molecule has 0 saturated carbocycles. The van der Waals surface area contributed by atoms with Gasteiger partial charge in [0.15, 0.2) is 0 Å². The van der Waals surface area contributed by atoms with Crippen molar-refractivity contribution in [2.75, 3.05) is 18.4 Å². The average Bonchev–Trinajstić information content (AvgIpc) is 3.45. The Bertz CT molecular complexity index is 1400. The highest BCUT2D eigenvalue weighted by Gasteiger charge is 2.16. The summed E-state index contributed by atoms with van der Waals surface area (Å²) < 4.78 is 6.06. The van der Waals surface area contributed by atoms with E-state index in [9.17, 15) is 14.7 Å². The largest absolute Gasteiger partial charge is 0.489 e. The molecule has 0 saturated heterocycles. The number of aliphatic carboxylic acids is 1. The van der Waals surface area contributed by atoms with E-state index >= 15 is 0 Å². The number of carboxylic acid groups (broad SMARTS) is 1. The van der Waals surface area contributed by atoms with Gasteiger partial charge in [0, 0.05) is 17.1 Å². The number of anilines is 1. The molecule has 0 aliphatic carbocycles. The van der Waals surface area contributed by atoms with Gasteiger partial charge in [0.25, 0.3) is 0 Å². The number of hydrogen-bond donors (Lipinski definition) is 2. The number of carboxylic acids is 1. The first kappa shape index (κ1) is 31.0. The number of carbonyl (C=O) groups excluding carboxylic acids is 1. The van der Waals surface area contributed by atoms with E-state index in [0.29, 0.717) is 24.8 Å². The lowest BCUT2D eigenvalue weighted by molar-refractivity contribution is -0.138. The molecule has 0 radical (unpaired) electrons. The lowest BCUT2D eigenvalue weighted by atomic mass is 9.90. The van der Waals surface area contributed by atoms with Crippen molar-refractivity contribution in [3.8, 4) is 16.9 Å². The highest BCUT2D eigenvalue weighted by Crippen LogP contribution is 2.29. The van der Waals surface area contributed by atoms with Crippen molar-refractivity contribution < 1.29 is 19.4 Å². The van der Waals surface area contributed by atoms with Crippen molar-refractivity contribution >= 4 is 28.9 Å². The lowest BCUT2D eigenvalue weighted by Crippen LogP contribution is -2.36. The maximum atomic E-state index is 12.5. The number of thiophene rings is 1. The van der Waals surface area contributed by atoms with Gasteiger partial charge in [-0.3, -0.25) is 14.5 Å². The summed E-state index contributed by atoms with van der Waals surface area (Å²) in [6.45, 7) is 5.14. The Labute approximate surface area is 253 Å². The Morgan fingerprint density at radius 3 is 2.21 bits per heavy atom. The summed E-state index contributed by atoms with van der Waals surface area (Å²) in [6, 6.07) is 28.1. The molecule has 4 aromatic rings. The predicted molar refractivity (Wildman–Crippen MR) is 171 cm³/mol. The fourth-order valence-corrected chi connectivity index (χ4v) is 6.02. The van der Waals surface area contributed by atoms with Crippen LogP contribution in [-0.2, 0) is 22.7 Å². The molecule has 0 aliphatic rings. The first-order chi connectivity index (χ1) is 20.4. The van der Waals surface area contributed by atoms with Gasteiger partial charge < -0.3 is 15.2 Å². The Hall–Kier alpha value is -3.94. The summed E-state index contributed by atoms with van der Waals surface area (Å²) in [7, 11) is 0. The quantitative estimate of drug-likeness (QED) is 0.139. The standard InChI is InChI=1S/C35H40N2O4S/c1-3-8-27(9-4-2)28-16-18-32(19-17-28)41-24-26-12-14-29(15-13-26)30-20-33(42-25-30)21-37(23-35(39)40)22-34(38)36-31-10-6-5-7-11-31/h5-7,10-20,25,27H,3-4,8-9,21-24H2,1-2H3,(H,36,38)(H,39,40). The van der Waals surface area contributed by atoms with Crippen molar-refractivity contribution in [2.24, 2.45) is 0 Å². The van der Waals surface area contributed by atoms with E-state index in [1.54, 1.807) is 28.4 Å². The summed E-state index contributed by atoms with van der Waals surface area (Å²) in [5, 5.41) is 14.3. The Morgan fingerprint density at radius 1 is 0.881 bits per heavy atom. The summed E-state index contributed by atoms with van der Waals surface area (Å²) in [5.41, 5.74) is 5.31. The van der Waals surface area contributed by atoms with E-state index in [1.165, 1.54) is 31.2 Å². The third-order valence-electron chi connectivity index (χ3n) is 7.14. The predicted octanol–water partition coefficient (Wildman–Crippen LogP) is 8.20. The molecular formula is C35H40N2O4S. The number of para-hydroxylation sites is 1. The molecule has 6 nitrogen and oxygen atoms in total. The van der Waals surface area contributed by atoms with Gasteiger partial charge in [0.1, 0.15) is 12.4 Å². The van der Waals surface area contributed by atoms with Crippen LogP contribution < -0.4 is 10.1 Å². The SMILES string of the molecule is CCCC(CCC)c1ccc(OCc2ccc(-c3csc(CN(CC(=O)O)CC(=O)Nc4ccccc4)c3)cc2)cc1. The number of amides is 1. The minimum Gasteiger partial charge on any atom is -0.489 e. The molecule has 0 atom stereocenters. The molecule has 4 rings (SSSR count). The van der Waals surface area contributed by atoms with Crippen LogP contribution in [0.4, 0.5) is 5.69 Å². The van der Waals surface area contributed by atoms with Crippen molar-refractivity contribution in [2.45, 2.75) is 58.6 Å². The first-order valence-electron chi connectivity index (χ1n) is 14.6. The molecule has 2 N–H and O–H groups in total. The van der Waals surface area contributed by atoms with Crippen molar-refractivity contribution in [3.63, 3.8) is 0 Å². The van der Waals surface area contributed by atoms with Gasteiger partial charge in [0.2, 0.25) is 5.91 Å². The molecule has 42 heavy (non-hydrogen) atoms. The van der Waals surface area contributed by atoms with Crippen molar-refractivity contribution in [1.82, 2.24) is 4.90 Å². The number of nitrogens with one attached hydrogen (secondary N) is 1. The van der Waals surface area contributed by atoms with Crippen LogP contribution in [0, 0.1) is 0 Å². The summed E-state index contributed by atoms with van der Waals surface area (Å²) >= 11 is 1.56. The zero-order valence-corrected chi connectivity index (χ0v) is 25.2. The monoisotopic (exact) mass is 584 g/mol. The smallest absolute Gasteiger partial charge is 0.317 e. The van der Waals surface area contributed by atoms with Gasteiger partial charge in [-0.25, -0.2) is 0 Å². The fraction of sp³-hybridized carbons (Fsp3) is 0.314. The third kappa shape index (κ3) is 9.57. The first-order valence-corrected chi connectivity index (χ1v) is 15.5. The van der Waals surface area contributed by atoms with Crippen molar-refractivity contribution in [1.29, 1.82) is 0 Å². The van der Waals surface area contributed by atoms with Crippen LogP contribution in [0.5, 0.6) is 5.75 Å². The van der Waals surface area contributed by atoms with Crippen LogP contribution in [0.25, 0.3) is 11.1 Å². The molecule has 0 bridgehead atoms. The summed E-state index contributed by atoms with van der Waals surface area (Å²) in [5.74, 6) is 0.286. The number of hydrogen-bond acceptors (Lipinski definition) is 5. The molecule has 1 aromatic heterocycles. The van der Waals surface area contributed by atoms with Gasteiger partial charge in [-0.15, -0.1) is 11.3 Å². The molecule has 0 aliphatic heterocycles. The molecule has 0 spiro atoms. The molecule has 1 amide bonds. The number of carbonyl (C=O) groups is 2. The molecule has 3 aromatic carbocycles. The second-order valence-electron chi connectivity index (χ2n) is 10.6. The van der Waals surface area contributed by atoms with E-state index in [1.807, 2.05) is 18.2 Å². The normalized spacial score (nSPS) is 11.1. The Morgan fingerprint density at radius 2 is 1.57 bits per heavy atom. The zero-order valence-electron chi connectivity index (χ0n) is 24.4. The van der Waals surface area contributed by atoms with E-state index in [4.69, 9.17) is 4.74 Å². The minimum absolute atomic E-state index is 0.0100. The van der Waals surface area contributed by atoms with E-state index < -0.39 is 5.97 Å². The van der Waals surface area contributed by atoms with Crippen LogP contribution in [-0.4, -0.2) is 35.0 Å². The van der Waals surface area contributed by atoms with Crippen LogP contribution in [0.2, 0.25) is 0 Å². The fourth-order valence-electron chi connectivity index (χ4n) is 5.09. The topological polar surface area (TPSA) is 78.9 Å². The van der Waals surface area contributed by atoms with Gasteiger partial charge in [-0.05, 0) is 76.7 Å². The lowest BCUT2D eigenvalue weighted by Gasteiger charge is -2.19. The molecular weight excluding hydrogens is 544 g/mol. The maximum absolute atomic E-state index is 12.5. The highest BCUT2D eigenvalue weighted by atomic mass is 32.1.